The average molecular weight is 405 g/mol. The molecule has 0 saturated carbocycles. The summed E-state index contributed by atoms with van der Waals surface area (Å²) in [5.74, 6) is 0.473. The lowest BCUT2D eigenvalue weighted by atomic mass is 10.1. The summed E-state index contributed by atoms with van der Waals surface area (Å²) in [6.07, 6.45) is 0. The minimum absolute atomic E-state index is 0.131. The molecule has 2 aromatic heterocycles. The Morgan fingerprint density at radius 1 is 0.966 bits per heavy atom. The van der Waals surface area contributed by atoms with Crippen LogP contribution in [0.3, 0.4) is 0 Å². The topological polar surface area (TPSA) is 64.1 Å². The smallest absolute Gasteiger partial charge is 0.265 e. The molecule has 1 N–H and O–H groups in total. The Labute approximate surface area is 170 Å². The highest BCUT2D eigenvalue weighted by Crippen LogP contribution is 2.24. The Balaban J connectivity index is 1.40. The number of halogens is 1. The first-order chi connectivity index (χ1) is 14.1. The molecular formula is C22H16FN3O2S. The van der Waals surface area contributed by atoms with Crippen LogP contribution in [-0.4, -0.2) is 16.1 Å². The van der Waals surface area contributed by atoms with Gasteiger partial charge in [-0.05, 0) is 78.5 Å². The SMILES string of the molecule is Cc1ccsc1C(=O)Nc1ccc(Oc2ccc(-c3ccc(F)cc3)nn2)cc1. The molecule has 2 aromatic carbocycles. The molecule has 1 amide bonds. The van der Waals surface area contributed by atoms with Gasteiger partial charge in [-0.2, -0.15) is 0 Å². The van der Waals surface area contributed by atoms with E-state index in [0.717, 1.165) is 11.1 Å². The highest BCUT2D eigenvalue weighted by molar-refractivity contribution is 7.12. The summed E-state index contributed by atoms with van der Waals surface area (Å²) in [4.78, 5) is 13.0. The molecule has 0 aliphatic rings. The van der Waals surface area contributed by atoms with Crippen LogP contribution in [0.1, 0.15) is 15.2 Å². The summed E-state index contributed by atoms with van der Waals surface area (Å²) in [5.41, 5.74) is 3.02. The summed E-state index contributed by atoms with van der Waals surface area (Å²) in [7, 11) is 0. The maximum atomic E-state index is 13.0. The third kappa shape index (κ3) is 4.47. The zero-order valence-corrected chi connectivity index (χ0v) is 16.2. The largest absolute Gasteiger partial charge is 0.438 e. The van der Waals surface area contributed by atoms with Gasteiger partial charge >= 0.3 is 0 Å². The van der Waals surface area contributed by atoms with Crippen LogP contribution in [0.2, 0.25) is 0 Å². The lowest BCUT2D eigenvalue weighted by Gasteiger charge is -2.08. The number of rotatable bonds is 5. The fraction of sp³-hybridized carbons (Fsp3) is 0.0455. The van der Waals surface area contributed by atoms with Gasteiger partial charge in [-0.25, -0.2) is 4.39 Å². The lowest BCUT2D eigenvalue weighted by molar-refractivity contribution is 0.103. The van der Waals surface area contributed by atoms with Crippen LogP contribution in [-0.2, 0) is 0 Å². The second kappa shape index (κ2) is 8.20. The van der Waals surface area contributed by atoms with E-state index in [1.54, 1.807) is 48.5 Å². The predicted octanol–water partition coefficient (Wildman–Crippen LogP) is 5.70. The second-order valence-corrected chi connectivity index (χ2v) is 7.19. The number of nitrogens with zero attached hydrogens (tertiary/aromatic N) is 2. The van der Waals surface area contributed by atoms with E-state index < -0.39 is 0 Å². The van der Waals surface area contributed by atoms with Crippen LogP contribution in [0.15, 0.2) is 72.1 Å². The highest BCUT2D eigenvalue weighted by atomic mass is 32.1. The van der Waals surface area contributed by atoms with Crippen molar-refractivity contribution in [2.24, 2.45) is 0 Å². The molecule has 2 heterocycles. The van der Waals surface area contributed by atoms with Gasteiger partial charge in [0.1, 0.15) is 11.6 Å². The number of aryl methyl sites for hydroxylation is 1. The zero-order chi connectivity index (χ0) is 20.2. The van der Waals surface area contributed by atoms with Crippen LogP contribution in [0, 0.1) is 12.7 Å². The van der Waals surface area contributed by atoms with Gasteiger partial charge in [-0.1, -0.05) is 0 Å². The first-order valence-electron chi connectivity index (χ1n) is 8.81. The monoisotopic (exact) mass is 405 g/mol. The van der Waals surface area contributed by atoms with Crippen molar-refractivity contribution in [3.05, 3.63) is 88.4 Å². The minimum atomic E-state index is -0.299. The molecule has 0 unspecified atom stereocenters. The normalized spacial score (nSPS) is 10.6. The van der Waals surface area contributed by atoms with E-state index in [4.69, 9.17) is 4.74 Å². The Morgan fingerprint density at radius 3 is 2.34 bits per heavy atom. The van der Waals surface area contributed by atoms with Gasteiger partial charge in [0.05, 0.1) is 10.6 Å². The molecule has 0 fully saturated rings. The van der Waals surface area contributed by atoms with E-state index in [2.05, 4.69) is 15.5 Å². The summed E-state index contributed by atoms with van der Waals surface area (Å²) in [6.45, 7) is 1.91. The number of thiophene rings is 1. The molecule has 0 saturated heterocycles. The van der Waals surface area contributed by atoms with Crippen molar-refractivity contribution >= 4 is 22.9 Å². The molecule has 144 valence electrons. The van der Waals surface area contributed by atoms with Crippen molar-refractivity contribution < 1.29 is 13.9 Å². The molecule has 0 atom stereocenters. The maximum absolute atomic E-state index is 13.0. The Kier molecular flexibility index (Phi) is 5.31. The van der Waals surface area contributed by atoms with Crippen LogP contribution in [0.5, 0.6) is 11.6 Å². The quantitative estimate of drug-likeness (QED) is 0.463. The predicted molar refractivity (Wildman–Crippen MR) is 111 cm³/mol. The number of carbonyl (C=O) groups excluding carboxylic acids is 1. The minimum Gasteiger partial charge on any atom is -0.438 e. The fourth-order valence-electron chi connectivity index (χ4n) is 2.67. The van der Waals surface area contributed by atoms with Crippen molar-refractivity contribution in [2.75, 3.05) is 5.32 Å². The van der Waals surface area contributed by atoms with Gasteiger partial charge in [0.2, 0.25) is 5.88 Å². The Morgan fingerprint density at radius 2 is 1.72 bits per heavy atom. The number of benzene rings is 2. The second-order valence-electron chi connectivity index (χ2n) is 6.28. The number of anilines is 1. The van der Waals surface area contributed by atoms with Crippen LogP contribution >= 0.6 is 11.3 Å². The van der Waals surface area contributed by atoms with E-state index in [-0.39, 0.29) is 11.7 Å². The molecule has 7 heteroatoms. The first kappa shape index (κ1) is 18.8. The third-order valence-electron chi connectivity index (χ3n) is 4.18. The molecule has 5 nitrogen and oxygen atoms in total. The lowest BCUT2D eigenvalue weighted by Crippen LogP contribution is -2.11. The summed E-state index contributed by atoms with van der Waals surface area (Å²) >= 11 is 1.41. The number of amides is 1. The standard InChI is InChI=1S/C22H16FN3O2S/c1-14-12-13-29-21(14)22(27)24-17-6-8-18(9-7-17)28-20-11-10-19(25-26-20)15-2-4-16(23)5-3-15/h2-13H,1H3,(H,24,27). The summed E-state index contributed by atoms with van der Waals surface area (Å²) < 4.78 is 18.7. The van der Waals surface area contributed by atoms with Gasteiger partial charge < -0.3 is 10.1 Å². The van der Waals surface area contributed by atoms with Crippen LogP contribution in [0.25, 0.3) is 11.3 Å². The van der Waals surface area contributed by atoms with E-state index in [1.807, 2.05) is 18.4 Å². The number of nitrogens with one attached hydrogen (secondary N) is 1. The third-order valence-corrected chi connectivity index (χ3v) is 5.20. The summed E-state index contributed by atoms with van der Waals surface area (Å²) in [5, 5.41) is 12.9. The molecule has 0 bridgehead atoms. The average Bonchev–Trinajstić information content (AvgIpc) is 3.17. The molecular weight excluding hydrogens is 389 g/mol. The number of carbonyl (C=O) groups is 1. The van der Waals surface area contributed by atoms with Gasteiger partial charge in [-0.3, -0.25) is 4.79 Å². The van der Waals surface area contributed by atoms with E-state index >= 15 is 0 Å². The summed E-state index contributed by atoms with van der Waals surface area (Å²) in [6, 6.07) is 18.4. The van der Waals surface area contributed by atoms with Crippen molar-refractivity contribution in [3.63, 3.8) is 0 Å². The molecule has 0 aliphatic carbocycles. The van der Waals surface area contributed by atoms with Crippen molar-refractivity contribution in [2.45, 2.75) is 6.92 Å². The van der Waals surface area contributed by atoms with E-state index in [1.165, 1.54) is 23.5 Å². The molecule has 4 rings (SSSR count). The Hall–Kier alpha value is -3.58. The highest BCUT2D eigenvalue weighted by Gasteiger charge is 2.11. The van der Waals surface area contributed by atoms with Gasteiger partial charge in [0.25, 0.3) is 5.91 Å². The van der Waals surface area contributed by atoms with Crippen molar-refractivity contribution in [1.29, 1.82) is 0 Å². The Bertz CT molecular complexity index is 1120. The van der Waals surface area contributed by atoms with Crippen LogP contribution < -0.4 is 10.1 Å². The molecule has 0 aliphatic heterocycles. The van der Waals surface area contributed by atoms with Gasteiger partial charge in [0.15, 0.2) is 0 Å². The van der Waals surface area contributed by atoms with E-state index in [0.29, 0.717) is 27.9 Å². The van der Waals surface area contributed by atoms with Crippen LogP contribution in [0.4, 0.5) is 10.1 Å². The van der Waals surface area contributed by atoms with Crippen molar-refractivity contribution in [1.82, 2.24) is 10.2 Å². The molecule has 29 heavy (non-hydrogen) atoms. The number of aromatic nitrogens is 2. The molecule has 0 spiro atoms. The van der Waals surface area contributed by atoms with E-state index in [9.17, 15) is 9.18 Å². The van der Waals surface area contributed by atoms with Gasteiger partial charge in [-0.15, -0.1) is 21.5 Å². The zero-order valence-electron chi connectivity index (χ0n) is 15.4. The fourth-order valence-corrected chi connectivity index (χ4v) is 3.49. The number of hydrogen-bond acceptors (Lipinski definition) is 5. The van der Waals surface area contributed by atoms with Gasteiger partial charge in [0, 0.05) is 17.3 Å². The number of ether oxygens (including phenoxy) is 1. The number of hydrogen-bond donors (Lipinski definition) is 1. The maximum Gasteiger partial charge on any atom is 0.265 e. The van der Waals surface area contributed by atoms with Crippen molar-refractivity contribution in [3.8, 4) is 22.9 Å². The first-order valence-corrected chi connectivity index (χ1v) is 9.69. The molecule has 0 radical (unpaired) electrons. The molecule has 4 aromatic rings.